The van der Waals surface area contributed by atoms with E-state index in [0.717, 1.165) is 27.5 Å². The number of rotatable bonds is 7. The maximum Gasteiger partial charge on any atom is 0.224 e. The highest BCUT2D eigenvalue weighted by Gasteiger charge is 2.04. The molecule has 0 radical (unpaired) electrons. The van der Waals surface area contributed by atoms with Gasteiger partial charge in [0.15, 0.2) is 0 Å². The number of nitrogens with one attached hydrogen (secondary N) is 1. The highest BCUT2D eigenvalue weighted by atomic mass is 79.9. The predicted molar refractivity (Wildman–Crippen MR) is 83.8 cm³/mol. The first-order valence-electron chi connectivity index (χ1n) is 6.38. The van der Waals surface area contributed by atoms with E-state index in [4.69, 9.17) is 0 Å². The van der Waals surface area contributed by atoms with Crippen molar-refractivity contribution in [3.63, 3.8) is 0 Å². The molecule has 1 amide bonds. The zero-order chi connectivity index (χ0) is 13.4. The molecule has 0 fully saturated rings. The first-order chi connectivity index (χ1) is 8.63. The fourth-order valence-electron chi connectivity index (χ4n) is 1.69. The molecule has 4 heteroatoms. The second-order valence-corrected chi connectivity index (χ2v) is 6.05. The molecule has 1 aromatic carbocycles. The lowest BCUT2D eigenvalue weighted by molar-refractivity contribution is -0.116. The van der Waals surface area contributed by atoms with Gasteiger partial charge in [-0.25, -0.2) is 0 Å². The molecule has 0 spiro atoms. The Balaban J connectivity index is 2.29. The number of carbonyl (C=O) groups excluding carboxylic acids is 1. The van der Waals surface area contributed by atoms with E-state index in [2.05, 4.69) is 44.1 Å². The van der Waals surface area contributed by atoms with Gasteiger partial charge in [-0.1, -0.05) is 32.6 Å². The Morgan fingerprint density at radius 1 is 1.11 bits per heavy atom. The number of unbranched alkanes of at least 4 members (excludes halogenated alkanes) is 4. The topological polar surface area (TPSA) is 29.1 Å². The fourth-order valence-corrected chi connectivity index (χ4v) is 2.31. The molecule has 0 bridgehead atoms. The maximum atomic E-state index is 11.7. The molecule has 1 aromatic rings. The summed E-state index contributed by atoms with van der Waals surface area (Å²) < 4.78 is 1.93. The lowest BCUT2D eigenvalue weighted by Gasteiger charge is -2.06. The Morgan fingerprint density at radius 3 is 2.50 bits per heavy atom. The van der Waals surface area contributed by atoms with E-state index < -0.39 is 0 Å². The fraction of sp³-hybridized carbons (Fsp3) is 0.500. The van der Waals surface area contributed by atoms with E-state index in [1.54, 1.807) is 0 Å². The van der Waals surface area contributed by atoms with Crippen LogP contribution in [-0.2, 0) is 4.79 Å². The van der Waals surface area contributed by atoms with Gasteiger partial charge in [0, 0.05) is 21.1 Å². The van der Waals surface area contributed by atoms with Crippen LogP contribution in [0.15, 0.2) is 27.1 Å². The summed E-state index contributed by atoms with van der Waals surface area (Å²) in [6.45, 7) is 2.19. The SMILES string of the molecule is CCCCCCCC(=O)Nc1ccc(Br)c(Br)c1. The van der Waals surface area contributed by atoms with Crippen LogP contribution >= 0.6 is 31.9 Å². The van der Waals surface area contributed by atoms with E-state index in [1.165, 1.54) is 19.3 Å². The molecule has 0 atom stereocenters. The van der Waals surface area contributed by atoms with Crippen LogP contribution in [0.3, 0.4) is 0 Å². The van der Waals surface area contributed by atoms with Gasteiger partial charge in [-0.3, -0.25) is 4.79 Å². The van der Waals surface area contributed by atoms with Gasteiger partial charge in [-0.15, -0.1) is 0 Å². The molecule has 0 unspecified atom stereocenters. The Kier molecular flexibility index (Phi) is 7.59. The molecule has 0 heterocycles. The molecule has 1 N–H and O–H groups in total. The molecule has 2 nitrogen and oxygen atoms in total. The maximum absolute atomic E-state index is 11.7. The van der Waals surface area contributed by atoms with Crippen molar-refractivity contribution in [1.82, 2.24) is 0 Å². The molecule has 0 saturated carbocycles. The number of anilines is 1. The molecule has 0 aromatic heterocycles. The van der Waals surface area contributed by atoms with E-state index in [1.807, 2.05) is 18.2 Å². The molecular weight excluding hydrogens is 358 g/mol. The summed E-state index contributed by atoms with van der Waals surface area (Å²) in [5, 5.41) is 2.91. The molecule has 1 rings (SSSR count). The van der Waals surface area contributed by atoms with E-state index in [0.29, 0.717) is 6.42 Å². The molecule has 0 aliphatic carbocycles. The van der Waals surface area contributed by atoms with Gasteiger partial charge >= 0.3 is 0 Å². The van der Waals surface area contributed by atoms with Gasteiger partial charge in [0.2, 0.25) is 5.91 Å². The smallest absolute Gasteiger partial charge is 0.224 e. The van der Waals surface area contributed by atoms with Gasteiger partial charge in [0.05, 0.1) is 0 Å². The van der Waals surface area contributed by atoms with Crippen LogP contribution in [0.25, 0.3) is 0 Å². The van der Waals surface area contributed by atoms with Gasteiger partial charge in [0.25, 0.3) is 0 Å². The summed E-state index contributed by atoms with van der Waals surface area (Å²) in [5.74, 6) is 0.0979. The second-order valence-electron chi connectivity index (χ2n) is 4.34. The zero-order valence-corrected chi connectivity index (χ0v) is 13.8. The van der Waals surface area contributed by atoms with Gasteiger partial charge in [-0.05, 0) is 56.5 Å². The Labute approximate surface area is 126 Å². The number of hydrogen-bond donors (Lipinski definition) is 1. The van der Waals surface area contributed by atoms with Crippen molar-refractivity contribution in [3.05, 3.63) is 27.1 Å². The summed E-state index contributed by atoms with van der Waals surface area (Å²) in [7, 11) is 0. The van der Waals surface area contributed by atoms with E-state index in [-0.39, 0.29) is 5.91 Å². The average molecular weight is 377 g/mol. The van der Waals surface area contributed by atoms with Crippen molar-refractivity contribution in [1.29, 1.82) is 0 Å². The Morgan fingerprint density at radius 2 is 1.83 bits per heavy atom. The van der Waals surface area contributed by atoms with Crippen LogP contribution in [0.2, 0.25) is 0 Å². The average Bonchev–Trinajstić information content (AvgIpc) is 2.34. The number of amides is 1. The lowest BCUT2D eigenvalue weighted by atomic mass is 10.1. The lowest BCUT2D eigenvalue weighted by Crippen LogP contribution is -2.10. The molecule has 0 saturated heterocycles. The summed E-state index contributed by atoms with van der Waals surface area (Å²) in [4.78, 5) is 11.7. The highest BCUT2D eigenvalue weighted by molar-refractivity contribution is 9.13. The van der Waals surface area contributed by atoms with Crippen molar-refractivity contribution in [2.45, 2.75) is 45.4 Å². The first kappa shape index (κ1) is 15.7. The van der Waals surface area contributed by atoms with Crippen LogP contribution in [-0.4, -0.2) is 5.91 Å². The molecule has 18 heavy (non-hydrogen) atoms. The minimum absolute atomic E-state index is 0.0979. The van der Waals surface area contributed by atoms with Gasteiger partial charge in [0.1, 0.15) is 0 Å². The summed E-state index contributed by atoms with van der Waals surface area (Å²) >= 11 is 6.82. The normalized spacial score (nSPS) is 10.4. The minimum atomic E-state index is 0.0979. The third kappa shape index (κ3) is 6.01. The molecule has 100 valence electrons. The molecule has 0 aliphatic rings. The van der Waals surface area contributed by atoms with Crippen molar-refractivity contribution in [3.8, 4) is 0 Å². The number of halogens is 2. The zero-order valence-electron chi connectivity index (χ0n) is 10.6. The minimum Gasteiger partial charge on any atom is -0.326 e. The highest BCUT2D eigenvalue weighted by Crippen LogP contribution is 2.26. The largest absolute Gasteiger partial charge is 0.326 e. The van der Waals surface area contributed by atoms with Gasteiger partial charge < -0.3 is 5.32 Å². The Bertz CT molecular complexity index is 393. The first-order valence-corrected chi connectivity index (χ1v) is 7.97. The van der Waals surface area contributed by atoms with Crippen LogP contribution in [0.1, 0.15) is 45.4 Å². The third-order valence-electron chi connectivity index (χ3n) is 2.71. The standard InChI is InChI=1S/C14H19Br2NO/c1-2-3-4-5-6-7-14(18)17-11-8-9-12(15)13(16)10-11/h8-10H,2-7H2,1H3,(H,17,18). The van der Waals surface area contributed by atoms with Crippen molar-refractivity contribution >= 4 is 43.5 Å². The number of carbonyl (C=O) groups is 1. The van der Waals surface area contributed by atoms with Gasteiger partial charge in [-0.2, -0.15) is 0 Å². The van der Waals surface area contributed by atoms with Crippen molar-refractivity contribution < 1.29 is 4.79 Å². The summed E-state index contributed by atoms with van der Waals surface area (Å²) in [6, 6.07) is 5.71. The monoisotopic (exact) mass is 375 g/mol. The number of hydrogen-bond acceptors (Lipinski definition) is 1. The summed E-state index contributed by atoms with van der Waals surface area (Å²) in [6.07, 6.45) is 6.46. The second kappa shape index (κ2) is 8.70. The van der Waals surface area contributed by atoms with Crippen LogP contribution in [0.4, 0.5) is 5.69 Å². The Hall–Kier alpha value is -0.350. The van der Waals surface area contributed by atoms with Crippen molar-refractivity contribution in [2.75, 3.05) is 5.32 Å². The van der Waals surface area contributed by atoms with Crippen LogP contribution < -0.4 is 5.32 Å². The predicted octanol–water partition coefficient (Wildman–Crippen LogP) is 5.51. The molecule has 0 aliphatic heterocycles. The van der Waals surface area contributed by atoms with Crippen LogP contribution in [0, 0.1) is 0 Å². The van der Waals surface area contributed by atoms with Crippen molar-refractivity contribution in [2.24, 2.45) is 0 Å². The molecular formula is C14H19Br2NO. The third-order valence-corrected chi connectivity index (χ3v) is 4.59. The summed E-state index contributed by atoms with van der Waals surface area (Å²) in [5.41, 5.74) is 0.837. The van der Waals surface area contributed by atoms with E-state index in [9.17, 15) is 4.79 Å². The number of benzene rings is 1. The van der Waals surface area contributed by atoms with Crippen LogP contribution in [0.5, 0.6) is 0 Å². The van der Waals surface area contributed by atoms with E-state index >= 15 is 0 Å². The quantitative estimate of drug-likeness (QED) is 0.624.